The van der Waals surface area contributed by atoms with E-state index in [-0.39, 0.29) is 30.3 Å². The van der Waals surface area contributed by atoms with Crippen molar-refractivity contribution in [3.05, 3.63) is 65.5 Å². The molecule has 0 aliphatic carbocycles. The number of benzene rings is 2. The smallest absolute Gasteiger partial charge is 0.240 e. The van der Waals surface area contributed by atoms with Crippen LogP contribution in [0.1, 0.15) is 22.8 Å². The molecule has 0 bridgehead atoms. The van der Waals surface area contributed by atoms with Gasteiger partial charge in [0, 0.05) is 12.1 Å². The summed E-state index contributed by atoms with van der Waals surface area (Å²) in [5, 5.41) is 2.59. The highest BCUT2D eigenvalue weighted by Gasteiger charge is 2.21. The highest BCUT2D eigenvalue weighted by atomic mass is 32.2. The Morgan fingerprint density at radius 1 is 1.11 bits per heavy atom. The lowest BCUT2D eigenvalue weighted by molar-refractivity contribution is -0.119. The molecular formula is C19H21FN2O4S. The first kappa shape index (κ1) is 20.6. The van der Waals surface area contributed by atoms with Crippen molar-refractivity contribution in [3.8, 4) is 0 Å². The molecule has 144 valence electrons. The number of carbonyl (C=O) groups excluding carboxylic acids is 2. The van der Waals surface area contributed by atoms with Crippen molar-refractivity contribution in [1.29, 1.82) is 0 Å². The van der Waals surface area contributed by atoms with E-state index < -0.39 is 22.5 Å². The largest absolute Gasteiger partial charge is 0.354 e. The van der Waals surface area contributed by atoms with Crippen molar-refractivity contribution >= 4 is 27.4 Å². The Bertz CT molecular complexity index is 944. The molecule has 6 nitrogen and oxygen atoms in total. The minimum Gasteiger partial charge on any atom is -0.354 e. The number of halogens is 1. The van der Waals surface area contributed by atoms with E-state index in [2.05, 4.69) is 5.32 Å². The molecule has 0 atom stereocenters. The molecule has 0 unspecified atom stereocenters. The molecule has 0 fully saturated rings. The van der Waals surface area contributed by atoms with Crippen LogP contribution in [0, 0.1) is 5.82 Å². The maximum Gasteiger partial charge on any atom is 0.240 e. The molecule has 2 aromatic carbocycles. The summed E-state index contributed by atoms with van der Waals surface area (Å²) in [5.74, 6) is -1.09. The number of anilines is 1. The van der Waals surface area contributed by atoms with Gasteiger partial charge in [0.05, 0.1) is 11.9 Å². The van der Waals surface area contributed by atoms with Crippen molar-refractivity contribution in [2.24, 2.45) is 0 Å². The molecule has 8 heteroatoms. The zero-order valence-electron chi connectivity index (χ0n) is 15.1. The van der Waals surface area contributed by atoms with Gasteiger partial charge in [0.2, 0.25) is 15.9 Å². The number of hydrogen-bond acceptors (Lipinski definition) is 4. The second kappa shape index (κ2) is 8.77. The molecule has 0 aliphatic heterocycles. The summed E-state index contributed by atoms with van der Waals surface area (Å²) >= 11 is 0. The molecule has 0 aromatic heterocycles. The minimum absolute atomic E-state index is 0.171. The molecule has 0 saturated heterocycles. The number of carbonyl (C=O) groups is 2. The molecule has 0 spiro atoms. The number of rotatable bonds is 8. The van der Waals surface area contributed by atoms with E-state index in [0.717, 1.165) is 10.6 Å². The average molecular weight is 392 g/mol. The maximum absolute atomic E-state index is 13.6. The lowest BCUT2D eigenvalue weighted by Gasteiger charge is -2.22. The molecule has 0 radical (unpaired) electrons. The topological polar surface area (TPSA) is 83.6 Å². The Kier molecular flexibility index (Phi) is 6.68. The molecular weight excluding hydrogens is 371 g/mol. The zero-order chi connectivity index (χ0) is 20.0. The fraction of sp³-hybridized carbons (Fsp3) is 0.263. The normalized spacial score (nSPS) is 11.1. The van der Waals surface area contributed by atoms with Crippen LogP contribution in [0.3, 0.4) is 0 Å². The molecule has 27 heavy (non-hydrogen) atoms. The van der Waals surface area contributed by atoms with E-state index in [4.69, 9.17) is 0 Å². The summed E-state index contributed by atoms with van der Waals surface area (Å²) in [6, 6.07) is 12.3. The van der Waals surface area contributed by atoms with Gasteiger partial charge in [-0.3, -0.25) is 13.9 Å². The molecule has 1 N–H and O–H groups in total. The number of nitrogens with zero attached hydrogens (tertiary/aromatic N) is 1. The quantitative estimate of drug-likeness (QED) is 0.698. The maximum atomic E-state index is 13.6. The summed E-state index contributed by atoms with van der Waals surface area (Å²) in [5.41, 5.74) is 1.04. The van der Waals surface area contributed by atoms with E-state index in [1.807, 2.05) is 0 Å². The van der Waals surface area contributed by atoms with Crippen molar-refractivity contribution < 1.29 is 22.4 Å². The van der Waals surface area contributed by atoms with Gasteiger partial charge in [0.1, 0.15) is 12.4 Å². The van der Waals surface area contributed by atoms with Crippen molar-refractivity contribution in [2.75, 3.05) is 23.7 Å². The molecule has 2 rings (SSSR count). The summed E-state index contributed by atoms with van der Waals surface area (Å²) in [6.07, 6.45) is 1.27. The van der Waals surface area contributed by atoms with Crippen LogP contribution in [0.15, 0.2) is 48.5 Å². The third-order valence-electron chi connectivity index (χ3n) is 3.90. The van der Waals surface area contributed by atoms with Gasteiger partial charge in [-0.15, -0.1) is 0 Å². The third-order valence-corrected chi connectivity index (χ3v) is 5.04. The fourth-order valence-corrected chi connectivity index (χ4v) is 3.35. The summed E-state index contributed by atoms with van der Waals surface area (Å²) in [6.45, 7) is 1.11. The van der Waals surface area contributed by atoms with Gasteiger partial charge >= 0.3 is 0 Å². The van der Waals surface area contributed by atoms with Gasteiger partial charge in [-0.05, 0) is 37.1 Å². The lowest BCUT2D eigenvalue weighted by Crippen LogP contribution is -2.41. The minimum atomic E-state index is -3.74. The number of nitrogens with one attached hydrogen (secondary N) is 1. The third kappa shape index (κ3) is 5.89. The number of ketones is 1. The number of hydrogen-bond donors (Lipinski definition) is 1. The molecule has 2 aromatic rings. The number of Topliss-reactive ketones (excluding diaryl/α,β-unsaturated/α-hetero) is 1. The van der Waals surface area contributed by atoms with Gasteiger partial charge < -0.3 is 5.32 Å². The van der Waals surface area contributed by atoms with E-state index in [1.54, 1.807) is 30.3 Å². The highest BCUT2D eigenvalue weighted by Crippen LogP contribution is 2.19. The Labute approximate surface area is 158 Å². The highest BCUT2D eigenvalue weighted by molar-refractivity contribution is 7.92. The van der Waals surface area contributed by atoms with Crippen molar-refractivity contribution in [1.82, 2.24) is 5.32 Å². The Morgan fingerprint density at radius 2 is 1.81 bits per heavy atom. The Morgan fingerprint density at radius 3 is 2.44 bits per heavy atom. The molecule has 1 amide bonds. The fourth-order valence-electron chi connectivity index (χ4n) is 2.50. The van der Waals surface area contributed by atoms with Gasteiger partial charge in [-0.1, -0.05) is 30.3 Å². The summed E-state index contributed by atoms with van der Waals surface area (Å²) < 4.78 is 38.7. The van der Waals surface area contributed by atoms with Gasteiger partial charge in [0.25, 0.3) is 0 Å². The zero-order valence-corrected chi connectivity index (χ0v) is 15.9. The Hall–Kier alpha value is -2.74. The first-order valence-electron chi connectivity index (χ1n) is 8.27. The van der Waals surface area contributed by atoms with E-state index >= 15 is 0 Å². The van der Waals surface area contributed by atoms with Crippen LogP contribution in [0.2, 0.25) is 0 Å². The molecule has 0 saturated carbocycles. The molecule has 0 heterocycles. The van der Waals surface area contributed by atoms with Crippen LogP contribution in [0.25, 0.3) is 0 Å². The summed E-state index contributed by atoms with van der Waals surface area (Å²) in [7, 11) is -3.74. The second-order valence-corrected chi connectivity index (χ2v) is 7.97. The number of sulfonamides is 1. The first-order valence-corrected chi connectivity index (χ1v) is 10.1. The van der Waals surface area contributed by atoms with Gasteiger partial charge in [-0.25, -0.2) is 12.8 Å². The van der Waals surface area contributed by atoms with Gasteiger partial charge in [-0.2, -0.15) is 0 Å². The van der Waals surface area contributed by atoms with E-state index in [1.165, 1.54) is 25.1 Å². The summed E-state index contributed by atoms with van der Waals surface area (Å²) in [4.78, 5) is 23.7. The van der Waals surface area contributed by atoms with Crippen LogP contribution < -0.4 is 9.62 Å². The second-order valence-electron chi connectivity index (χ2n) is 6.07. The first-order chi connectivity index (χ1) is 12.7. The average Bonchev–Trinajstić information content (AvgIpc) is 2.60. The van der Waals surface area contributed by atoms with Crippen LogP contribution in [-0.4, -0.2) is 39.5 Å². The number of amides is 1. The van der Waals surface area contributed by atoms with Crippen molar-refractivity contribution in [2.45, 2.75) is 13.3 Å². The van der Waals surface area contributed by atoms with Crippen LogP contribution >= 0.6 is 0 Å². The SMILES string of the molecule is CC(=O)c1cccc(N(CC(=O)NCCc2ccccc2F)S(C)(=O)=O)c1. The van der Waals surface area contributed by atoms with E-state index in [0.29, 0.717) is 11.1 Å². The van der Waals surface area contributed by atoms with Crippen LogP contribution in [0.5, 0.6) is 0 Å². The predicted molar refractivity (Wildman–Crippen MR) is 102 cm³/mol. The van der Waals surface area contributed by atoms with Crippen molar-refractivity contribution in [3.63, 3.8) is 0 Å². The van der Waals surface area contributed by atoms with Crippen LogP contribution in [-0.2, 0) is 21.2 Å². The van der Waals surface area contributed by atoms with E-state index in [9.17, 15) is 22.4 Å². The standard InChI is InChI=1S/C19H21FN2O4S/c1-14(23)16-7-5-8-17(12-16)22(27(2,25)26)13-19(24)21-11-10-15-6-3-4-9-18(15)20/h3-9,12H,10-11,13H2,1-2H3,(H,21,24). The van der Waals surface area contributed by atoms with Crippen LogP contribution in [0.4, 0.5) is 10.1 Å². The monoisotopic (exact) mass is 392 g/mol. The molecule has 0 aliphatic rings. The Balaban J connectivity index is 2.06. The lowest BCUT2D eigenvalue weighted by atomic mass is 10.1. The predicted octanol–water partition coefficient (Wildman–Crippen LogP) is 2.15. The van der Waals surface area contributed by atoms with Gasteiger partial charge in [0.15, 0.2) is 5.78 Å².